The predicted octanol–water partition coefficient (Wildman–Crippen LogP) is 9.25. The number of halogens is 2. The van der Waals surface area contributed by atoms with Crippen LogP contribution in [0.15, 0.2) is 0 Å². The molecule has 182 valence electrons. The molecule has 2 rings (SSSR count). The fraction of sp³-hybridized carbons (Fsp3) is 0.750. The summed E-state index contributed by atoms with van der Waals surface area (Å²) < 4.78 is 5.26. The molecule has 0 N–H and O–H groups in total. The van der Waals surface area contributed by atoms with E-state index in [2.05, 4.69) is 128 Å². The molecule has 0 aromatic carbocycles. The summed E-state index contributed by atoms with van der Waals surface area (Å²) in [5, 5.41) is 0. The maximum absolute atomic E-state index is 5.29. The van der Waals surface area contributed by atoms with Crippen molar-refractivity contribution in [2.45, 2.75) is 116 Å². The van der Waals surface area contributed by atoms with Gasteiger partial charge in [-0.15, -0.1) is 22.7 Å². The van der Waals surface area contributed by atoms with Gasteiger partial charge in [-0.1, -0.05) is 83.1 Å². The molecule has 8 heteroatoms. The van der Waals surface area contributed by atoms with E-state index in [4.69, 9.17) is 9.97 Å². The van der Waals surface area contributed by atoms with E-state index in [1.807, 2.05) is 22.7 Å². The molecule has 2 aromatic rings. The Balaban J connectivity index is 2.73. The fourth-order valence-corrected chi connectivity index (χ4v) is 29.0. The maximum atomic E-state index is 5.29. The van der Waals surface area contributed by atoms with Gasteiger partial charge in [0.1, 0.15) is 23.5 Å². The summed E-state index contributed by atoms with van der Waals surface area (Å²) in [6.45, 7) is 29.2. The van der Waals surface area contributed by atoms with Gasteiger partial charge in [0.15, 0.2) is 0 Å². The monoisotopic (exact) mass is 732 g/mol. The van der Waals surface area contributed by atoms with Crippen molar-refractivity contribution in [2.24, 2.45) is 0 Å². The summed E-state index contributed by atoms with van der Waals surface area (Å²) in [6, 6.07) is 0. The van der Waals surface area contributed by atoms with Crippen molar-refractivity contribution in [2.75, 3.05) is 0 Å². The van der Waals surface area contributed by atoms with Crippen LogP contribution >= 0.6 is 67.9 Å². The summed E-state index contributed by atoms with van der Waals surface area (Å²) in [7, 11) is -3.51. The average Bonchev–Trinajstić information content (AvgIpc) is 3.17. The van der Waals surface area contributed by atoms with Crippen molar-refractivity contribution in [1.29, 1.82) is 0 Å². The highest BCUT2D eigenvalue weighted by Gasteiger charge is 2.49. The van der Waals surface area contributed by atoms with Crippen LogP contribution in [0.5, 0.6) is 0 Å². The van der Waals surface area contributed by atoms with Crippen LogP contribution in [0.3, 0.4) is 0 Å². The van der Waals surface area contributed by atoms with Gasteiger partial charge in [-0.05, 0) is 78.4 Å². The van der Waals surface area contributed by atoms with Gasteiger partial charge < -0.3 is 0 Å². The molecule has 0 aliphatic carbocycles. The lowest BCUT2D eigenvalue weighted by molar-refractivity contribution is 0.833. The lowest BCUT2D eigenvalue weighted by Crippen LogP contribution is -2.55. The Morgan fingerprint density at radius 2 is 0.719 bits per heavy atom. The van der Waals surface area contributed by atoms with E-state index in [1.165, 1.54) is 26.4 Å². The Morgan fingerprint density at radius 3 is 0.906 bits per heavy atom. The first-order chi connectivity index (χ1) is 14.7. The molecular weight excluding hydrogens is 690 g/mol. The molecule has 2 aromatic heterocycles. The smallest absolute Gasteiger partial charge is 0.131 e. The molecule has 0 spiro atoms. The van der Waals surface area contributed by atoms with Crippen molar-refractivity contribution in [1.82, 2.24) is 9.97 Å². The summed E-state index contributed by atoms with van der Waals surface area (Å²) >= 11 is 8.96. The van der Waals surface area contributed by atoms with Crippen molar-refractivity contribution in [3.63, 3.8) is 0 Å². The molecule has 0 radical (unpaired) electrons. The molecule has 2 nitrogen and oxygen atoms in total. The molecule has 32 heavy (non-hydrogen) atoms. The van der Waals surface area contributed by atoms with Crippen molar-refractivity contribution >= 4 is 93.3 Å². The molecule has 0 aliphatic heterocycles. The quantitative estimate of drug-likeness (QED) is 0.190. The van der Waals surface area contributed by atoms with Gasteiger partial charge >= 0.3 is 0 Å². The second kappa shape index (κ2) is 11.0. The molecule has 0 unspecified atom stereocenters. The van der Waals surface area contributed by atoms with Crippen LogP contribution in [0.25, 0.3) is 9.75 Å². The normalized spacial score (nSPS) is 13.8. The Morgan fingerprint density at radius 1 is 0.500 bits per heavy atom. The molecule has 2 heterocycles. The Kier molecular flexibility index (Phi) is 10.1. The molecule has 0 aliphatic rings. The molecule has 0 bridgehead atoms. The fourth-order valence-electron chi connectivity index (χ4n) is 6.74. The van der Waals surface area contributed by atoms with Gasteiger partial charge in [-0.25, -0.2) is 9.97 Å². The zero-order valence-corrected chi connectivity index (χ0v) is 29.9. The summed E-state index contributed by atoms with van der Waals surface area (Å²) in [5.74, 6) is 0. The Hall–Kier alpha value is 1.15. The standard InChI is InChI=1S/C24H42I2N2S2Si2/c1-13(2)31(14(3)4,15(5)6)23-27-21(25)19(29-23)20-22(26)28-24(30-20)32(16(7)8,17(9)10)18(11)12/h13-18H,1-12H3. The van der Waals surface area contributed by atoms with Crippen LogP contribution in [-0.2, 0) is 0 Å². The summed E-state index contributed by atoms with van der Waals surface area (Å²) in [5.41, 5.74) is 4.06. The first-order valence-corrected chi connectivity index (χ1v) is 20.3. The summed E-state index contributed by atoms with van der Waals surface area (Å²) in [6.07, 6.45) is 0. The highest BCUT2D eigenvalue weighted by Crippen LogP contribution is 2.46. The van der Waals surface area contributed by atoms with Crippen LogP contribution in [0, 0.1) is 7.40 Å². The predicted molar refractivity (Wildman–Crippen MR) is 170 cm³/mol. The van der Waals surface area contributed by atoms with Crippen LogP contribution in [0.2, 0.25) is 33.2 Å². The Labute approximate surface area is 234 Å². The number of thiazole rings is 2. The lowest BCUT2D eigenvalue weighted by atomic mass is 10.5. The first-order valence-electron chi connectivity index (χ1n) is 12.0. The van der Waals surface area contributed by atoms with Gasteiger partial charge in [0.25, 0.3) is 0 Å². The van der Waals surface area contributed by atoms with Crippen molar-refractivity contribution in [3.05, 3.63) is 7.40 Å². The molecule has 0 amide bonds. The van der Waals surface area contributed by atoms with Crippen LogP contribution in [-0.4, -0.2) is 26.1 Å². The molecular formula is C24H42I2N2S2Si2. The van der Waals surface area contributed by atoms with E-state index in [0.29, 0.717) is 33.2 Å². The first kappa shape index (κ1) is 29.4. The van der Waals surface area contributed by atoms with Crippen LogP contribution in [0.4, 0.5) is 0 Å². The highest BCUT2D eigenvalue weighted by molar-refractivity contribution is 14.1. The third-order valence-electron chi connectivity index (χ3n) is 7.85. The molecule has 0 atom stereocenters. The molecule has 0 saturated heterocycles. The van der Waals surface area contributed by atoms with E-state index in [9.17, 15) is 0 Å². The number of nitrogens with zero attached hydrogens (tertiary/aromatic N) is 2. The van der Waals surface area contributed by atoms with Gasteiger partial charge in [0, 0.05) is 0 Å². The SMILES string of the molecule is CC(C)[Si](c1nc(I)c(-c2sc([Si](C(C)C)(C(C)C)C(C)C)nc2I)s1)(C(C)C)C(C)C. The zero-order chi connectivity index (χ0) is 24.8. The second-order valence-corrected chi connectivity index (χ2v) is 27.4. The van der Waals surface area contributed by atoms with Gasteiger partial charge in [-0.3, -0.25) is 0 Å². The zero-order valence-electron chi connectivity index (χ0n) is 21.9. The number of hydrogen-bond acceptors (Lipinski definition) is 4. The van der Waals surface area contributed by atoms with E-state index >= 15 is 0 Å². The van der Waals surface area contributed by atoms with Crippen molar-refractivity contribution in [3.8, 4) is 9.75 Å². The van der Waals surface area contributed by atoms with E-state index in [-0.39, 0.29) is 0 Å². The molecule has 0 saturated carbocycles. The van der Waals surface area contributed by atoms with Gasteiger partial charge in [0.05, 0.1) is 19.0 Å². The minimum absolute atomic E-state index is 0.677. The third-order valence-corrected chi connectivity index (χ3v) is 27.9. The minimum atomic E-state index is -1.75. The van der Waals surface area contributed by atoms with Crippen LogP contribution in [0.1, 0.15) is 83.1 Å². The number of rotatable bonds is 9. The average molecular weight is 733 g/mol. The largest absolute Gasteiger partial charge is 0.240 e. The summed E-state index contributed by atoms with van der Waals surface area (Å²) in [4.78, 5) is 13.3. The van der Waals surface area contributed by atoms with E-state index in [1.54, 1.807) is 0 Å². The van der Waals surface area contributed by atoms with E-state index < -0.39 is 16.1 Å². The topological polar surface area (TPSA) is 25.8 Å². The second-order valence-electron chi connectivity index (χ2n) is 11.1. The Bertz CT molecular complexity index is 799. The molecule has 0 fully saturated rings. The maximum Gasteiger partial charge on any atom is 0.131 e. The third kappa shape index (κ3) is 4.76. The van der Waals surface area contributed by atoms with Gasteiger partial charge in [-0.2, -0.15) is 0 Å². The minimum Gasteiger partial charge on any atom is -0.240 e. The number of hydrogen-bond donors (Lipinski definition) is 0. The van der Waals surface area contributed by atoms with Gasteiger partial charge in [0.2, 0.25) is 0 Å². The van der Waals surface area contributed by atoms with E-state index in [0.717, 1.165) is 0 Å². The van der Waals surface area contributed by atoms with Crippen LogP contribution < -0.4 is 9.26 Å². The number of aromatic nitrogens is 2. The lowest BCUT2D eigenvalue weighted by Gasteiger charge is -2.41. The highest BCUT2D eigenvalue weighted by atomic mass is 127. The van der Waals surface area contributed by atoms with Crippen molar-refractivity contribution < 1.29 is 0 Å².